The highest BCUT2D eigenvalue weighted by molar-refractivity contribution is 6.25. The maximum Gasteiger partial charge on any atom is 0.242 e. The van der Waals surface area contributed by atoms with Gasteiger partial charge < -0.3 is 14.4 Å². The molecule has 25 heavy (non-hydrogen) atoms. The van der Waals surface area contributed by atoms with Crippen molar-refractivity contribution in [3.63, 3.8) is 0 Å². The highest BCUT2D eigenvalue weighted by Crippen LogP contribution is 2.40. The Labute approximate surface area is 147 Å². The van der Waals surface area contributed by atoms with E-state index in [1.54, 1.807) is 18.9 Å². The zero-order valence-corrected chi connectivity index (χ0v) is 15.3. The third kappa shape index (κ3) is 2.45. The third-order valence-electron chi connectivity index (χ3n) is 5.28. The van der Waals surface area contributed by atoms with Gasteiger partial charge in [0.05, 0.1) is 13.2 Å². The fraction of sp³-hybridized carbons (Fsp3) is 0.611. The van der Waals surface area contributed by atoms with Gasteiger partial charge in [-0.15, -0.1) is 0 Å². The summed E-state index contributed by atoms with van der Waals surface area (Å²) in [5, 5.41) is 0. The van der Waals surface area contributed by atoms with E-state index in [0.717, 1.165) is 6.42 Å². The lowest BCUT2D eigenvalue weighted by atomic mass is 9.75. The lowest BCUT2D eigenvalue weighted by Gasteiger charge is -2.51. The van der Waals surface area contributed by atoms with Gasteiger partial charge in [-0.3, -0.25) is 19.3 Å². The highest BCUT2D eigenvalue weighted by Gasteiger charge is 2.55. The van der Waals surface area contributed by atoms with Crippen LogP contribution in [0.25, 0.3) is 0 Å². The van der Waals surface area contributed by atoms with Gasteiger partial charge in [0.1, 0.15) is 12.1 Å². The van der Waals surface area contributed by atoms with Crippen LogP contribution in [0.4, 0.5) is 0 Å². The predicted octanol–water partition coefficient (Wildman–Crippen LogP) is 0.305. The number of piperazine rings is 1. The number of methoxy groups -OCH3 is 1. The molecule has 1 saturated heterocycles. The molecule has 0 aromatic heterocycles. The number of hydrogen-bond donors (Lipinski definition) is 0. The van der Waals surface area contributed by atoms with Crippen molar-refractivity contribution in [3.05, 3.63) is 22.5 Å². The number of fused-ring (bicyclic) bond motifs is 3. The van der Waals surface area contributed by atoms with Crippen LogP contribution in [0.1, 0.15) is 20.3 Å². The summed E-state index contributed by atoms with van der Waals surface area (Å²) in [5.74, 6) is -0.541. The number of ether oxygens (including phenoxy) is 2. The molecule has 1 amide bonds. The van der Waals surface area contributed by atoms with E-state index in [2.05, 4.69) is 0 Å². The molecule has 1 fully saturated rings. The van der Waals surface area contributed by atoms with Gasteiger partial charge in [0, 0.05) is 36.9 Å². The van der Waals surface area contributed by atoms with Crippen molar-refractivity contribution in [2.75, 3.05) is 34.4 Å². The minimum atomic E-state index is -0.740. The van der Waals surface area contributed by atoms with Crippen LogP contribution in [0.2, 0.25) is 0 Å². The number of allylic oxidation sites excluding steroid dienone is 2. The molecule has 0 aromatic rings. The zero-order chi connectivity index (χ0) is 18.5. The van der Waals surface area contributed by atoms with Crippen molar-refractivity contribution in [1.29, 1.82) is 0 Å². The molecule has 136 valence electrons. The van der Waals surface area contributed by atoms with E-state index in [1.165, 1.54) is 7.11 Å². The maximum atomic E-state index is 13.0. The average Bonchev–Trinajstić information content (AvgIpc) is 2.58. The van der Waals surface area contributed by atoms with Crippen molar-refractivity contribution in [1.82, 2.24) is 9.80 Å². The number of ketones is 2. The second kappa shape index (κ2) is 6.38. The summed E-state index contributed by atoms with van der Waals surface area (Å²) < 4.78 is 11.1. The van der Waals surface area contributed by atoms with Crippen molar-refractivity contribution in [3.8, 4) is 0 Å². The van der Waals surface area contributed by atoms with Crippen LogP contribution in [0.15, 0.2) is 22.5 Å². The Morgan fingerprint density at radius 1 is 1.12 bits per heavy atom. The second-order valence-corrected chi connectivity index (χ2v) is 6.78. The summed E-state index contributed by atoms with van der Waals surface area (Å²) in [4.78, 5) is 42.2. The molecule has 2 bridgehead atoms. The smallest absolute Gasteiger partial charge is 0.242 e. The molecular weight excluding hydrogens is 324 g/mol. The van der Waals surface area contributed by atoms with Gasteiger partial charge in [0.15, 0.2) is 11.5 Å². The average molecular weight is 348 g/mol. The fourth-order valence-corrected chi connectivity index (χ4v) is 3.99. The molecule has 7 heteroatoms. The molecule has 3 aliphatic rings. The van der Waals surface area contributed by atoms with Gasteiger partial charge in [-0.25, -0.2) is 0 Å². The molecule has 1 aliphatic carbocycles. The number of amides is 1. The Balaban J connectivity index is 2.19. The van der Waals surface area contributed by atoms with Crippen molar-refractivity contribution in [2.45, 2.75) is 38.5 Å². The number of hydrogen-bond acceptors (Lipinski definition) is 6. The number of nitrogens with zero attached hydrogens (tertiary/aromatic N) is 2. The number of likely N-dealkylation sites (N-methyl/N-ethyl adjacent to an activating group) is 2. The van der Waals surface area contributed by atoms with Crippen LogP contribution in [-0.4, -0.2) is 79.8 Å². The SMILES string of the molecule is CCCO[C@H]1C2=C(C(=O)C(OC)=C(C)C2=O)[C@@H]2CN(C)C(=O)[C@H]1N2C. The molecule has 3 atom stereocenters. The third-order valence-corrected chi connectivity index (χ3v) is 5.28. The lowest BCUT2D eigenvalue weighted by Crippen LogP contribution is -2.68. The largest absolute Gasteiger partial charge is 0.492 e. The second-order valence-electron chi connectivity index (χ2n) is 6.78. The van der Waals surface area contributed by atoms with E-state index in [-0.39, 0.29) is 34.8 Å². The normalized spacial score (nSPS) is 30.2. The summed E-state index contributed by atoms with van der Waals surface area (Å²) in [6.07, 6.45) is 0.0137. The Hall–Kier alpha value is -1.99. The van der Waals surface area contributed by atoms with E-state index >= 15 is 0 Å². The Kier molecular flexibility index (Phi) is 4.55. The van der Waals surface area contributed by atoms with Crippen LogP contribution < -0.4 is 0 Å². The molecule has 0 radical (unpaired) electrons. The van der Waals surface area contributed by atoms with Crippen molar-refractivity contribution >= 4 is 17.5 Å². The monoisotopic (exact) mass is 348 g/mol. The summed E-state index contributed by atoms with van der Waals surface area (Å²) >= 11 is 0. The van der Waals surface area contributed by atoms with Gasteiger partial charge in [-0.2, -0.15) is 0 Å². The van der Waals surface area contributed by atoms with Crippen LogP contribution in [0.5, 0.6) is 0 Å². The number of carbonyl (C=O) groups is 3. The summed E-state index contributed by atoms with van der Waals surface area (Å²) in [5.41, 5.74) is 1.03. The minimum Gasteiger partial charge on any atom is -0.492 e. The predicted molar refractivity (Wildman–Crippen MR) is 89.8 cm³/mol. The van der Waals surface area contributed by atoms with Crippen LogP contribution >= 0.6 is 0 Å². The van der Waals surface area contributed by atoms with Gasteiger partial charge in [0.25, 0.3) is 0 Å². The molecule has 2 heterocycles. The van der Waals surface area contributed by atoms with E-state index in [1.807, 2.05) is 18.9 Å². The molecular formula is C18H24N2O5. The first kappa shape index (κ1) is 17.8. The Morgan fingerprint density at radius 2 is 1.80 bits per heavy atom. The number of carbonyl (C=O) groups excluding carboxylic acids is 3. The van der Waals surface area contributed by atoms with E-state index in [4.69, 9.17) is 9.47 Å². The molecule has 0 N–H and O–H groups in total. The van der Waals surface area contributed by atoms with Gasteiger partial charge in [0.2, 0.25) is 11.7 Å². The molecule has 0 saturated carbocycles. The van der Waals surface area contributed by atoms with Gasteiger partial charge >= 0.3 is 0 Å². The molecule has 7 nitrogen and oxygen atoms in total. The highest BCUT2D eigenvalue weighted by atomic mass is 16.5. The first-order chi connectivity index (χ1) is 11.8. The van der Waals surface area contributed by atoms with Crippen molar-refractivity contribution < 1.29 is 23.9 Å². The summed E-state index contributed by atoms with van der Waals surface area (Å²) in [6, 6.07) is -0.929. The summed E-state index contributed by atoms with van der Waals surface area (Å²) in [7, 11) is 4.92. The van der Waals surface area contributed by atoms with Crippen LogP contribution in [0, 0.1) is 0 Å². The fourth-order valence-electron chi connectivity index (χ4n) is 3.99. The number of Topliss-reactive ketones (excluding diaryl/α,β-unsaturated/α-hetero) is 2. The lowest BCUT2D eigenvalue weighted by molar-refractivity contribution is -0.151. The standard InChI is InChI=1S/C18H24N2O5/c1-6-7-25-17-12-11(15(22)16(24-5)9(2)14(12)21)10-8-19(3)18(23)13(17)20(10)4/h10,13,17H,6-8H2,1-5H3/t10-,13-,17-/m0/s1. The molecule has 0 unspecified atom stereocenters. The maximum absolute atomic E-state index is 13.0. The quantitative estimate of drug-likeness (QED) is 0.681. The van der Waals surface area contributed by atoms with E-state index < -0.39 is 12.1 Å². The zero-order valence-electron chi connectivity index (χ0n) is 15.3. The van der Waals surface area contributed by atoms with Gasteiger partial charge in [-0.1, -0.05) is 6.92 Å². The van der Waals surface area contributed by atoms with Crippen molar-refractivity contribution in [2.24, 2.45) is 0 Å². The van der Waals surface area contributed by atoms with Crippen LogP contribution in [-0.2, 0) is 23.9 Å². The van der Waals surface area contributed by atoms with E-state index in [0.29, 0.717) is 24.3 Å². The molecule has 3 rings (SSSR count). The van der Waals surface area contributed by atoms with Crippen LogP contribution in [0.3, 0.4) is 0 Å². The topological polar surface area (TPSA) is 76.1 Å². The molecule has 2 aliphatic heterocycles. The van der Waals surface area contributed by atoms with Gasteiger partial charge in [-0.05, 0) is 20.4 Å². The first-order valence-corrected chi connectivity index (χ1v) is 8.51. The Bertz CT molecular complexity index is 708. The molecule has 0 spiro atoms. The summed E-state index contributed by atoms with van der Waals surface area (Å²) in [6.45, 7) is 4.32. The first-order valence-electron chi connectivity index (χ1n) is 8.51. The minimum absolute atomic E-state index is 0.0874. The molecule has 0 aromatic carbocycles. The van der Waals surface area contributed by atoms with E-state index in [9.17, 15) is 14.4 Å². The number of rotatable bonds is 4. The Morgan fingerprint density at radius 3 is 2.40 bits per heavy atom.